The average Bonchev–Trinajstić information content (AvgIpc) is 2.99. The highest BCUT2D eigenvalue weighted by Crippen LogP contribution is 2.55. The zero-order valence-electron chi connectivity index (χ0n) is 11.5. The summed E-state index contributed by atoms with van der Waals surface area (Å²) in [5.74, 6) is -0.634. The van der Waals surface area contributed by atoms with Gasteiger partial charge < -0.3 is 10.2 Å². The van der Waals surface area contributed by atoms with Crippen molar-refractivity contribution in [1.29, 1.82) is 0 Å². The number of phenols is 1. The SMILES string of the molecule is CC(C)(C)c1cc(Cl)cc(C2(CC(=O)O)CC2)c1O. The molecular weight excluding hydrogens is 264 g/mol. The highest BCUT2D eigenvalue weighted by molar-refractivity contribution is 6.30. The van der Waals surface area contributed by atoms with Crippen molar-refractivity contribution in [3.05, 3.63) is 28.3 Å². The Bertz CT molecular complexity index is 525. The number of aliphatic carboxylic acids is 1. The second-order valence-electron chi connectivity index (χ2n) is 6.45. The van der Waals surface area contributed by atoms with E-state index in [2.05, 4.69) is 0 Å². The summed E-state index contributed by atoms with van der Waals surface area (Å²) in [6, 6.07) is 3.47. The minimum atomic E-state index is -0.839. The summed E-state index contributed by atoms with van der Waals surface area (Å²) in [5, 5.41) is 20.1. The molecule has 0 spiro atoms. The highest BCUT2D eigenvalue weighted by atomic mass is 35.5. The van der Waals surface area contributed by atoms with E-state index in [1.54, 1.807) is 12.1 Å². The van der Waals surface area contributed by atoms with E-state index in [0.717, 1.165) is 18.4 Å². The van der Waals surface area contributed by atoms with Crippen LogP contribution in [-0.4, -0.2) is 16.2 Å². The van der Waals surface area contributed by atoms with Crippen LogP contribution in [0.25, 0.3) is 0 Å². The molecule has 0 radical (unpaired) electrons. The molecule has 1 aliphatic carbocycles. The van der Waals surface area contributed by atoms with Gasteiger partial charge in [0, 0.05) is 21.6 Å². The predicted octanol–water partition coefficient (Wildman–Crippen LogP) is 3.85. The fourth-order valence-corrected chi connectivity index (χ4v) is 2.78. The molecule has 0 saturated heterocycles. The molecule has 104 valence electrons. The highest BCUT2D eigenvalue weighted by Gasteiger charge is 2.48. The van der Waals surface area contributed by atoms with E-state index < -0.39 is 11.4 Å². The fourth-order valence-electron chi connectivity index (χ4n) is 2.56. The van der Waals surface area contributed by atoms with Crippen LogP contribution in [0.1, 0.15) is 51.2 Å². The Hall–Kier alpha value is -1.22. The van der Waals surface area contributed by atoms with Crippen molar-refractivity contribution >= 4 is 17.6 Å². The second kappa shape index (κ2) is 4.41. The van der Waals surface area contributed by atoms with Crippen LogP contribution in [-0.2, 0) is 15.6 Å². The molecule has 0 amide bonds. The van der Waals surface area contributed by atoms with Crippen LogP contribution in [0.2, 0.25) is 5.02 Å². The summed E-state index contributed by atoms with van der Waals surface area (Å²) in [4.78, 5) is 11.0. The van der Waals surface area contributed by atoms with Crippen LogP contribution in [0.3, 0.4) is 0 Å². The fraction of sp³-hybridized carbons (Fsp3) is 0.533. The van der Waals surface area contributed by atoms with Crippen molar-refractivity contribution in [3.8, 4) is 5.75 Å². The van der Waals surface area contributed by atoms with Gasteiger partial charge in [-0.1, -0.05) is 32.4 Å². The Labute approximate surface area is 118 Å². The summed E-state index contributed by atoms with van der Waals surface area (Å²) in [6.45, 7) is 6.00. The van der Waals surface area contributed by atoms with Crippen molar-refractivity contribution in [3.63, 3.8) is 0 Å². The molecule has 19 heavy (non-hydrogen) atoms. The summed E-state index contributed by atoms with van der Waals surface area (Å²) < 4.78 is 0. The zero-order valence-corrected chi connectivity index (χ0v) is 12.2. The quantitative estimate of drug-likeness (QED) is 0.885. The third-order valence-electron chi connectivity index (χ3n) is 3.80. The van der Waals surface area contributed by atoms with Crippen LogP contribution in [0.15, 0.2) is 12.1 Å². The Kier molecular flexibility index (Phi) is 3.29. The molecule has 1 aromatic carbocycles. The molecule has 0 atom stereocenters. The zero-order chi connectivity index (χ0) is 14.4. The largest absolute Gasteiger partial charge is 0.507 e. The van der Waals surface area contributed by atoms with Gasteiger partial charge in [-0.2, -0.15) is 0 Å². The van der Waals surface area contributed by atoms with Crippen molar-refractivity contribution in [2.45, 2.75) is 50.9 Å². The van der Waals surface area contributed by atoms with Crippen LogP contribution in [0.4, 0.5) is 0 Å². The first kappa shape index (κ1) is 14.2. The lowest BCUT2D eigenvalue weighted by molar-refractivity contribution is -0.137. The predicted molar refractivity (Wildman–Crippen MR) is 75.0 cm³/mol. The topological polar surface area (TPSA) is 57.5 Å². The molecule has 4 heteroatoms. The molecular formula is C15H19ClO3. The molecule has 0 heterocycles. The van der Waals surface area contributed by atoms with E-state index in [0.29, 0.717) is 10.6 Å². The Morgan fingerprint density at radius 3 is 2.37 bits per heavy atom. The lowest BCUT2D eigenvalue weighted by Gasteiger charge is -2.25. The first-order chi connectivity index (χ1) is 8.66. The molecule has 0 aromatic heterocycles. The number of rotatable bonds is 3. The van der Waals surface area contributed by atoms with Gasteiger partial charge in [0.05, 0.1) is 6.42 Å². The minimum absolute atomic E-state index is 0.0461. The van der Waals surface area contributed by atoms with Gasteiger partial charge in [-0.3, -0.25) is 4.79 Å². The molecule has 1 saturated carbocycles. The number of halogens is 1. The van der Waals surface area contributed by atoms with Crippen molar-refractivity contribution < 1.29 is 15.0 Å². The van der Waals surface area contributed by atoms with Gasteiger partial charge in [0.15, 0.2) is 0 Å². The molecule has 1 fully saturated rings. The van der Waals surface area contributed by atoms with Gasteiger partial charge in [0.25, 0.3) is 0 Å². The number of carboxylic acids is 1. The van der Waals surface area contributed by atoms with Gasteiger partial charge in [0.2, 0.25) is 0 Å². The van der Waals surface area contributed by atoms with Gasteiger partial charge in [-0.25, -0.2) is 0 Å². The van der Waals surface area contributed by atoms with Crippen LogP contribution in [0.5, 0.6) is 5.75 Å². The summed E-state index contributed by atoms with van der Waals surface area (Å²) in [7, 11) is 0. The van der Waals surface area contributed by atoms with Crippen LogP contribution >= 0.6 is 11.6 Å². The number of carbonyl (C=O) groups is 1. The maximum atomic E-state index is 11.0. The van der Waals surface area contributed by atoms with Crippen LogP contribution in [0, 0.1) is 0 Å². The smallest absolute Gasteiger partial charge is 0.304 e. The van der Waals surface area contributed by atoms with Gasteiger partial charge in [-0.05, 0) is 30.4 Å². The third kappa shape index (κ3) is 2.71. The van der Waals surface area contributed by atoms with E-state index in [1.165, 1.54) is 0 Å². The maximum absolute atomic E-state index is 11.0. The molecule has 0 bridgehead atoms. The third-order valence-corrected chi connectivity index (χ3v) is 4.02. The number of benzene rings is 1. The molecule has 0 unspecified atom stereocenters. The molecule has 0 aliphatic heterocycles. The van der Waals surface area contributed by atoms with Crippen molar-refractivity contribution in [2.24, 2.45) is 0 Å². The van der Waals surface area contributed by atoms with E-state index in [4.69, 9.17) is 16.7 Å². The Morgan fingerprint density at radius 2 is 1.95 bits per heavy atom. The molecule has 2 N–H and O–H groups in total. The molecule has 3 nitrogen and oxygen atoms in total. The normalized spacial score (nSPS) is 17.3. The minimum Gasteiger partial charge on any atom is -0.507 e. The molecule has 2 rings (SSSR count). The second-order valence-corrected chi connectivity index (χ2v) is 6.89. The standard InChI is InChI=1S/C15H19ClO3/c1-14(2,3)10-6-9(16)7-11(13(10)19)15(4-5-15)8-12(17)18/h6-7,19H,4-5,8H2,1-3H3,(H,17,18). The number of carboxylic acid groups (broad SMARTS) is 1. The number of phenolic OH excluding ortho intramolecular Hbond substituents is 1. The Morgan fingerprint density at radius 1 is 1.37 bits per heavy atom. The lowest BCUT2D eigenvalue weighted by atomic mass is 9.81. The van der Waals surface area contributed by atoms with Gasteiger partial charge in [-0.15, -0.1) is 0 Å². The van der Waals surface area contributed by atoms with E-state index in [1.807, 2.05) is 20.8 Å². The van der Waals surface area contributed by atoms with E-state index >= 15 is 0 Å². The van der Waals surface area contributed by atoms with Gasteiger partial charge in [0.1, 0.15) is 5.75 Å². The van der Waals surface area contributed by atoms with Crippen LogP contribution < -0.4 is 0 Å². The number of hydrogen-bond donors (Lipinski definition) is 2. The summed E-state index contributed by atoms with van der Waals surface area (Å²) in [6.07, 6.45) is 1.62. The first-order valence-corrected chi connectivity index (χ1v) is 6.79. The maximum Gasteiger partial charge on any atom is 0.304 e. The lowest BCUT2D eigenvalue weighted by Crippen LogP contribution is -2.17. The summed E-state index contributed by atoms with van der Waals surface area (Å²) in [5.41, 5.74) is 0.795. The Balaban J connectivity index is 2.53. The summed E-state index contributed by atoms with van der Waals surface area (Å²) >= 11 is 6.14. The van der Waals surface area contributed by atoms with Crippen molar-refractivity contribution in [2.75, 3.05) is 0 Å². The average molecular weight is 283 g/mol. The molecule has 1 aromatic rings. The van der Waals surface area contributed by atoms with Crippen molar-refractivity contribution in [1.82, 2.24) is 0 Å². The van der Waals surface area contributed by atoms with E-state index in [9.17, 15) is 9.90 Å². The number of aromatic hydroxyl groups is 1. The van der Waals surface area contributed by atoms with Gasteiger partial charge >= 0.3 is 5.97 Å². The molecule has 1 aliphatic rings. The number of hydrogen-bond acceptors (Lipinski definition) is 2. The van der Waals surface area contributed by atoms with E-state index in [-0.39, 0.29) is 17.6 Å². The monoisotopic (exact) mass is 282 g/mol. The first-order valence-electron chi connectivity index (χ1n) is 6.41.